The lowest BCUT2D eigenvalue weighted by Crippen LogP contribution is -2.59. The van der Waals surface area contributed by atoms with Gasteiger partial charge in [0, 0.05) is 11.6 Å². The van der Waals surface area contributed by atoms with Crippen LogP contribution in [0.25, 0.3) is 0 Å². The molecule has 82 valence electrons. The predicted octanol–water partition coefficient (Wildman–Crippen LogP) is 3.44. The Bertz CT molecular complexity index is 334. The molecule has 0 N–H and O–H groups in total. The summed E-state index contributed by atoms with van der Waals surface area (Å²) in [4.78, 5) is 4.96. The van der Waals surface area contributed by atoms with Gasteiger partial charge in [-0.15, -0.1) is 0 Å². The molecule has 0 unspecified atom stereocenters. The Kier molecular flexibility index (Phi) is 1.46. The highest BCUT2D eigenvalue weighted by Gasteiger charge is 2.63. The number of aliphatic imine (C=N–C) groups is 1. The number of hydrogen-bond donors (Lipinski definition) is 0. The van der Waals surface area contributed by atoms with Crippen molar-refractivity contribution in [1.29, 1.82) is 0 Å². The van der Waals surface area contributed by atoms with E-state index in [1.165, 1.54) is 44.9 Å². The maximum atomic E-state index is 4.96. The summed E-state index contributed by atoms with van der Waals surface area (Å²) in [7, 11) is 0. The molecule has 0 aromatic heterocycles. The van der Waals surface area contributed by atoms with Crippen LogP contribution < -0.4 is 0 Å². The molecule has 0 saturated heterocycles. The first kappa shape index (κ1) is 8.78. The monoisotopic (exact) mass is 203 g/mol. The van der Waals surface area contributed by atoms with E-state index in [4.69, 9.17) is 4.99 Å². The van der Waals surface area contributed by atoms with Crippen LogP contribution in [-0.4, -0.2) is 12.3 Å². The van der Waals surface area contributed by atoms with Crippen LogP contribution in [0.3, 0.4) is 0 Å². The molecule has 5 atom stereocenters. The molecular weight excluding hydrogens is 182 g/mol. The molecule has 4 bridgehead atoms. The molecule has 2 heterocycles. The maximum Gasteiger partial charge on any atom is 0.0583 e. The van der Waals surface area contributed by atoms with Gasteiger partial charge in [-0.2, -0.15) is 0 Å². The summed E-state index contributed by atoms with van der Waals surface area (Å²) in [6, 6.07) is 0.737. The average molecular weight is 203 g/mol. The molecule has 0 amide bonds. The predicted molar refractivity (Wildman–Crippen MR) is 62.1 cm³/mol. The lowest BCUT2D eigenvalue weighted by Gasteiger charge is -2.61. The highest BCUT2D eigenvalue weighted by Crippen LogP contribution is 2.67. The van der Waals surface area contributed by atoms with Gasteiger partial charge in [0.2, 0.25) is 0 Å². The molecular formula is C14H21N. The second-order valence-corrected chi connectivity index (χ2v) is 6.76. The van der Waals surface area contributed by atoms with E-state index in [-0.39, 0.29) is 0 Å². The average Bonchev–Trinajstić information content (AvgIpc) is 2.63. The van der Waals surface area contributed by atoms with E-state index in [0.29, 0.717) is 10.8 Å². The number of hydrogen-bond acceptors (Lipinski definition) is 1. The van der Waals surface area contributed by atoms with Crippen LogP contribution in [0.4, 0.5) is 0 Å². The van der Waals surface area contributed by atoms with Crippen LogP contribution in [0.5, 0.6) is 0 Å². The van der Waals surface area contributed by atoms with Gasteiger partial charge in [-0.1, -0.05) is 19.8 Å². The van der Waals surface area contributed by atoms with Gasteiger partial charge in [0.25, 0.3) is 0 Å². The fraction of sp³-hybridized carbons (Fsp3) is 0.929. The zero-order chi connectivity index (χ0) is 10.1. The first-order valence-corrected chi connectivity index (χ1v) is 6.79. The molecule has 1 heteroatoms. The lowest BCUT2D eigenvalue weighted by atomic mass is 9.46. The lowest BCUT2D eigenvalue weighted by molar-refractivity contribution is -0.0579. The molecule has 5 aliphatic rings. The molecule has 0 aromatic rings. The van der Waals surface area contributed by atoms with Crippen LogP contribution in [0.2, 0.25) is 0 Å². The Balaban J connectivity index is 1.90. The largest absolute Gasteiger partial charge is 0.293 e. The molecule has 3 fully saturated rings. The van der Waals surface area contributed by atoms with Crippen molar-refractivity contribution < 1.29 is 0 Å². The molecule has 5 rings (SSSR count). The van der Waals surface area contributed by atoms with Crippen molar-refractivity contribution in [3.63, 3.8) is 0 Å². The second-order valence-electron chi connectivity index (χ2n) is 6.76. The first-order valence-electron chi connectivity index (χ1n) is 6.79. The highest BCUT2D eigenvalue weighted by molar-refractivity contribution is 5.69. The second kappa shape index (κ2) is 2.49. The van der Waals surface area contributed by atoms with Crippen LogP contribution in [0.15, 0.2) is 4.99 Å². The van der Waals surface area contributed by atoms with Crippen LogP contribution in [0.1, 0.15) is 51.9 Å². The minimum absolute atomic E-state index is 0.482. The molecule has 15 heavy (non-hydrogen) atoms. The topological polar surface area (TPSA) is 12.4 Å². The van der Waals surface area contributed by atoms with E-state index < -0.39 is 0 Å². The quantitative estimate of drug-likeness (QED) is 0.572. The van der Waals surface area contributed by atoms with Crippen LogP contribution in [0, 0.1) is 22.7 Å². The summed E-state index contributed by atoms with van der Waals surface area (Å²) in [5.41, 5.74) is 1.15. The Morgan fingerprint density at radius 1 is 1.20 bits per heavy atom. The normalized spacial score (nSPS) is 60.7. The SMILES string of the molecule is C[C@@]12C=N[C@@H]3[C@H](CCC[C@@]34CCC[C@H]41)C2. The van der Waals surface area contributed by atoms with Crippen molar-refractivity contribution in [3.8, 4) is 0 Å². The zero-order valence-corrected chi connectivity index (χ0v) is 9.71. The van der Waals surface area contributed by atoms with Gasteiger partial charge >= 0.3 is 0 Å². The molecule has 0 radical (unpaired) electrons. The van der Waals surface area contributed by atoms with E-state index in [0.717, 1.165) is 17.9 Å². The molecule has 3 saturated carbocycles. The summed E-state index contributed by atoms with van der Waals surface area (Å²) < 4.78 is 0. The van der Waals surface area contributed by atoms with Crippen molar-refractivity contribution in [2.45, 2.75) is 57.9 Å². The van der Waals surface area contributed by atoms with Crippen molar-refractivity contribution in [1.82, 2.24) is 0 Å². The third-order valence-electron chi connectivity index (χ3n) is 6.11. The summed E-state index contributed by atoms with van der Waals surface area (Å²) in [5.74, 6) is 1.94. The highest BCUT2D eigenvalue weighted by atomic mass is 14.9. The smallest absolute Gasteiger partial charge is 0.0583 e. The number of rotatable bonds is 0. The van der Waals surface area contributed by atoms with E-state index in [9.17, 15) is 0 Å². The molecule has 2 aliphatic heterocycles. The third-order valence-corrected chi connectivity index (χ3v) is 6.11. The van der Waals surface area contributed by atoms with Gasteiger partial charge in [0.05, 0.1) is 6.04 Å². The first-order chi connectivity index (χ1) is 7.25. The minimum Gasteiger partial charge on any atom is -0.293 e. The third kappa shape index (κ3) is 0.855. The van der Waals surface area contributed by atoms with Gasteiger partial charge in [0.15, 0.2) is 0 Å². The minimum atomic E-state index is 0.482. The summed E-state index contributed by atoms with van der Waals surface area (Å²) in [5, 5.41) is 0. The van der Waals surface area contributed by atoms with E-state index in [1.807, 2.05) is 0 Å². The number of nitrogens with zero attached hydrogens (tertiary/aromatic N) is 1. The molecule has 1 nitrogen and oxygen atoms in total. The van der Waals surface area contributed by atoms with E-state index in [2.05, 4.69) is 13.1 Å². The Morgan fingerprint density at radius 3 is 2.87 bits per heavy atom. The zero-order valence-electron chi connectivity index (χ0n) is 9.71. The fourth-order valence-corrected chi connectivity index (χ4v) is 5.79. The maximum absolute atomic E-state index is 4.96. The van der Waals surface area contributed by atoms with Gasteiger partial charge in [-0.3, -0.25) is 4.99 Å². The van der Waals surface area contributed by atoms with Crippen molar-refractivity contribution in [2.75, 3.05) is 0 Å². The van der Waals surface area contributed by atoms with Crippen LogP contribution >= 0.6 is 0 Å². The fourth-order valence-electron chi connectivity index (χ4n) is 5.79. The van der Waals surface area contributed by atoms with Gasteiger partial charge < -0.3 is 0 Å². The van der Waals surface area contributed by atoms with Crippen molar-refractivity contribution in [2.24, 2.45) is 27.7 Å². The van der Waals surface area contributed by atoms with Crippen molar-refractivity contribution in [3.05, 3.63) is 0 Å². The summed E-state index contributed by atoms with van der Waals surface area (Å²) in [6.45, 7) is 2.49. The summed E-state index contributed by atoms with van der Waals surface area (Å²) in [6.07, 6.45) is 12.7. The molecule has 1 spiro atoms. The van der Waals surface area contributed by atoms with Gasteiger partial charge in [-0.05, 0) is 49.4 Å². The van der Waals surface area contributed by atoms with Crippen molar-refractivity contribution >= 4 is 6.21 Å². The Labute approximate surface area is 92.4 Å². The van der Waals surface area contributed by atoms with E-state index >= 15 is 0 Å². The molecule has 3 aliphatic carbocycles. The van der Waals surface area contributed by atoms with Gasteiger partial charge in [0.1, 0.15) is 0 Å². The molecule has 0 aromatic carbocycles. The summed E-state index contributed by atoms with van der Waals surface area (Å²) >= 11 is 0. The van der Waals surface area contributed by atoms with Gasteiger partial charge in [-0.25, -0.2) is 0 Å². The standard InChI is InChI=1S/C14H21N/c1-13-8-10-4-2-6-14(12(10)15-9-13)7-3-5-11(13)14/h9-12H,2-8H2,1H3/t10-,11+,12-,13-,14+/m1/s1. The van der Waals surface area contributed by atoms with E-state index in [1.54, 1.807) is 0 Å². The van der Waals surface area contributed by atoms with Crippen LogP contribution in [-0.2, 0) is 0 Å². The Morgan fingerprint density at radius 2 is 2.00 bits per heavy atom. The Hall–Kier alpha value is -0.330.